The van der Waals surface area contributed by atoms with Crippen LogP contribution in [0, 0.1) is 6.92 Å². The first-order chi connectivity index (χ1) is 13.7. The summed E-state index contributed by atoms with van der Waals surface area (Å²) < 4.78 is 9.22. The average molecular weight is 372 g/mol. The summed E-state index contributed by atoms with van der Waals surface area (Å²) in [6, 6.07) is 17.0. The van der Waals surface area contributed by atoms with Crippen LogP contribution in [0.4, 0.5) is 0 Å². The lowest BCUT2D eigenvalue weighted by Crippen LogP contribution is -2.21. The fourth-order valence-corrected chi connectivity index (χ4v) is 2.99. The monoisotopic (exact) mass is 372 g/mol. The molecular formula is C22H20N4O2. The van der Waals surface area contributed by atoms with Crippen LogP contribution < -0.4 is 10.3 Å². The van der Waals surface area contributed by atoms with Crippen molar-refractivity contribution in [2.24, 2.45) is 0 Å². The normalized spacial score (nSPS) is 10.8. The Bertz CT molecular complexity index is 1120. The predicted molar refractivity (Wildman–Crippen MR) is 107 cm³/mol. The van der Waals surface area contributed by atoms with Crippen LogP contribution in [-0.4, -0.2) is 19.1 Å². The number of pyridine rings is 2. The number of nitrogens with zero attached hydrogens (tertiary/aromatic N) is 4. The number of benzene rings is 1. The van der Waals surface area contributed by atoms with Gasteiger partial charge in [-0.15, -0.1) is 0 Å². The zero-order chi connectivity index (χ0) is 19.3. The van der Waals surface area contributed by atoms with Gasteiger partial charge in [-0.05, 0) is 30.2 Å². The van der Waals surface area contributed by atoms with E-state index in [2.05, 4.69) is 9.97 Å². The van der Waals surface area contributed by atoms with Crippen molar-refractivity contribution in [3.63, 3.8) is 0 Å². The van der Waals surface area contributed by atoms with Crippen molar-refractivity contribution in [1.82, 2.24) is 19.1 Å². The number of ether oxygens (including phenoxy) is 1. The van der Waals surface area contributed by atoms with Crippen molar-refractivity contribution in [2.75, 3.05) is 0 Å². The Kier molecular flexibility index (Phi) is 5.01. The third-order valence-corrected chi connectivity index (χ3v) is 4.31. The Hall–Kier alpha value is -3.67. The van der Waals surface area contributed by atoms with Gasteiger partial charge in [0.2, 0.25) is 5.95 Å². The topological polar surface area (TPSA) is 61.9 Å². The molecule has 140 valence electrons. The summed E-state index contributed by atoms with van der Waals surface area (Å²) in [5.41, 5.74) is 2.74. The van der Waals surface area contributed by atoms with E-state index in [1.54, 1.807) is 18.5 Å². The molecule has 4 rings (SSSR count). The van der Waals surface area contributed by atoms with Gasteiger partial charge in [0.15, 0.2) is 0 Å². The van der Waals surface area contributed by atoms with Gasteiger partial charge in [0.05, 0.1) is 12.2 Å². The Morgan fingerprint density at radius 3 is 2.61 bits per heavy atom. The van der Waals surface area contributed by atoms with E-state index in [-0.39, 0.29) is 5.56 Å². The predicted octanol–water partition coefficient (Wildman–Crippen LogP) is 3.36. The van der Waals surface area contributed by atoms with Crippen molar-refractivity contribution in [3.05, 3.63) is 107 Å². The van der Waals surface area contributed by atoms with Crippen LogP contribution in [0.5, 0.6) is 5.75 Å². The molecular weight excluding hydrogens is 352 g/mol. The quantitative estimate of drug-likeness (QED) is 0.521. The molecule has 0 N–H and O–H groups in total. The van der Waals surface area contributed by atoms with Crippen LogP contribution in [0.1, 0.15) is 16.8 Å². The van der Waals surface area contributed by atoms with Gasteiger partial charge in [-0.2, -0.15) is 0 Å². The second-order valence-corrected chi connectivity index (χ2v) is 6.52. The fraction of sp³-hybridized carbons (Fsp3) is 0.136. The average Bonchev–Trinajstić information content (AvgIpc) is 3.08. The molecule has 0 aliphatic carbocycles. The number of aromatic nitrogens is 4. The Balaban J connectivity index is 1.57. The summed E-state index contributed by atoms with van der Waals surface area (Å²) in [5.74, 6) is 1.10. The molecule has 0 bridgehead atoms. The van der Waals surface area contributed by atoms with E-state index in [9.17, 15) is 4.79 Å². The molecule has 0 saturated heterocycles. The van der Waals surface area contributed by atoms with Gasteiger partial charge in [0.1, 0.15) is 12.4 Å². The van der Waals surface area contributed by atoms with Gasteiger partial charge in [0.25, 0.3) is 5.56 Å². The standard InChI is InChI=1S/C22H20N4O2/c1-17-14-25(15-19-8-5-10-23-13-19)22(24-17)26-11-9-20(12-21(26)27)28-16-18-6-3-2-4-7-18/h2-14H,15-16H2,1H3. The van der Waals surface area contributed by atoms with Crippen molar-refractivity contribution >= 4 is 0 Å². The maximum Gasteiger partial charge on any atom is 0.261 e. The summed E-state index contributed by atoms with van der Waals surface area (Å²) in [6.45, 7) is 2.91. The van der Waals surface area contributed by atoms with Crippen LogP contribution >= 0.6 is 0 Å². The highest BCUT2D eigenvalue weighted by Crippen LogP contribution is 2.14. The maximum atomic E-state index is 12.7. The highest BCUT2D eigenvalue weighted by atomic mass is 16.5. The van der Waals surface area contributed by atoms with Gasteiger partial charge in [-0.1, -0.05) is 36.4 Å². The molecule has 6 heteroatoms. The van der Waals surface area contributed by atoms with Crippen LogP contribution in [0.2, 0.25) is 0 Å². The minimum absolute atomic E-state index is 0.191. The smallest absolute Gasteiger partial charge is 0.261 e. The van der Waals surface area contributed by atoms with E-state index in [0.29, 0.717) is 24.8 Å². The van der Waals surface area contributed by atoms with Gasteiger partial charge >= 0.3 is 0 Å². The first-order valence-electron chi connectivity index (χ1n) is 9.01. The molecule has 28 heavy (non-hydrogen) atoms. The molecule has 0 amide bonds. The zero-order valence-corrected chi connectivity index (χ0v) is 15.5. The number of hydrogen-bond donors (Lipinski definition) is 0. The second-order valence-electron chi connectivity index (χ2n) is 6.52. The van der Waals surface area contributed by atoms with Gasteiger partial charge in [-0.3, -0.25) is 14.3 Å². The van der Waals surface area contributed by atoms with E-state index in [0.717, 1.165) is 16.8 Å². The SMILES string of the molecule is Cc1cn(Cc2cccnc2)c(-n2ccc(OCc3ccccc3)cc2=O)n1. The van der Waals surface area contributed by atoms with E-state index in [1.807, 2.05) is 66.3 Å². The molecule has 3 aromatic heterocycles. The Morgan fingerprint density at radius 2 is 1.86 bits per heavy atom. The molecule has 0 aliphatic heterocycles. The van der Waals surface area contributed by atoms with Crippen molar-refractivity contribution in [2.45, 2.75) is 20.1 Å². The summed E-state index contributed by atoms with van der Waals surface area (Å²) in [4.78, 5) is 21.4. The molecule has 0 fully saturated rings. The van der Waals surface area contributed by atoms with E-state index in [1.165, 1.54) is 10.6 Å². The summed E-state index contributed by atoms with van der Waals surface area (Å²) in [6.07, 6.45) is 7.17. The van der Waals surface area contributed by atoms with Crippen molar-refractivity contribution in [3.8, 4) is 11.7 Å². The van der Waals surface area contributed by atoms with Gasteiger partial charge in [-0.25, -0.2) is 4.98 Å². The molecule has 0 atom stereocenters. The Labute approximate surface area is 162 Å². The third-order valence-electron chi connectivity index (χ3n) is 4.31. The molecule has 0 aliphatic rings. The molecule has 0 radical (unpaired) electrons. The number of aryl methyl sites for hydroxylation is 1. The number of hydrogen-bond acceptors (Lipinski definition) is 4. The highest BCUT2D eigenvalue weighted by molar-refractivity contribution is 5.26. The third kappa shape index (κ3) is 4.01. The summed E-state index contributed by atoms with van der Waals surface area (Å²) >= 11 is 0. The molecule has 0 unspecified atom stereocenters. The molecule has 0 saturated carbocycles. The van der Waals surface area contributed by atoms with E-state index in [4.69, 9.17) is 4.74 Å². The van der Waals surface area contributed by atoms with Crippen LogP contribution in [-0.2, 0) is 13.2 Å². The number of rotatable bonds is 6. The molecule has 4 aromatic rings. The minimum atomic E-state index is -0.191. The number of imidazole rings is 1. The minimum Gasteiger partial charge on any atom is -0.489 e. The van der Waals surface area contributed by atoms with E-state index < -0.39 is 0 Å². The second kappa shape index (κ2) is 7.92. The van der Waals surface area contributed by atoms with Gasteiger partial charge in [0, 0.05) is 30.9 Å². The largest absolute Gasteiger partial charge is 0.489 e. The summed E-state index contributed by atoms with van der Waals surface area (Å²) in [7, 11) is 0. The fourth-order valence-electron chi connectivity index (χ4n) is 2.99. The van der Waals surface area contributed by atoms with Gasteiger partial charge < -0.3 is 9.30 Å². The van der Waals surface area contributed by atoms with Crippen LogP contribution in [0.3, 0.4) is 0 Å². The highest BCUT2D eigenvalue weighted by Gasteiger charge is 2.11. The van der Waals surface area contributed by atoms with E-state index >= 15 is 0 Å². The van der Waals surface area contributed by atoms with Crippen LogP contribution in [0.15, 0.2) is 84.2 Å². The molecule has 1 aromatic carbocycles. The maximum absolute atomic E-state index is 12.7. The summed E-state index contributed by atoms with van der Waals surface area (Å²) in [5, 5.41) is 0. The molecule has 0 spiro atoms. The molecule has 3 heterocycles. The van der Waals surface area contributed by atoms with Crippen molar-refractivity contribution in [1.29, 1.82) is 0 Å². The first kappa shape index (κ1) is 17.7. The Morgan fingerprint density at radius 1 is 1.04 bits per heavy atom. The lowest BCUT2D eigenvalue weighted by atomic mass is 10.2. The molecule has 6 nitrogen and oxygen atoms in total. The first-order valence-corrected chi connectivity index (χ1v) is 9.01. The van der Waals surface area contributed by atoms with Crippen molar-refractivity contribution < 1.29 is 4.74 Å². The zero-order valence-electron chi connectivity index (χ0n) is 15.5. The van der Waals surface area contributed by atoms with Crippen LogP contribution in [0.25, 0.3) is 5.95 Å². The lowest BCUT2D eigenvalue weighted by Gasteiger charge is -2.11. The lowest BCUT2D eigenvalue weighted by molar-refractivity contribution is 0.305.